The smallest absolute Gasteiger partial charge is 0.319 e. The summed E-state index contributed by atoms with van der Waals surface area (Å²) in [7, 11) is -6.49. The predicted molar refractivity (Wildman–Crippen MR) is 156 cm³/mol. The van der Waals surface area contributed by atoms with Crippen LogP contribution in [0.15, 0.2) is 78.9 Å². The van der Waals surface area contributed by atoms with E-state index in [0.29, 0.717) is 23.4 Å². The Hall–Kier alpha value is -3.14. The zero-order valence-electron chi connectivity index (χ0n) is 23.2. The molecular formula is C29H38N2O5SSi. The number of nitrogens with one attached hydrogen (secondary N) is 1. The van der Waals surface area contributed by atoms with Crippen molar-refractivity contribution in [1.29, 1.82) is 0 Å². The first-order valence-electron chi connectivity index (χ1n) is 12.5. The lowest BCUT2D eigenvalue weighted by Crippen LogP contribution is -2.68. The maximum Gasteiger partial charge on any atom is 0.319 e. The number of amides is 1. The van der Waals surface area contributed by atoms with Crippen molar-refractivity contribution in [2.45, 2.75) is 58.7 Å². The van der Waals surface area contributed by atoms with Gasteiger partial charge in [-0.2, -0.15) is 0 Å². The van der Waals surface area contributed by atoms with Gasteiger partial charge in [-0.3, -0.25) is 14.4 Å². The van der Waals surface area contributed by atoms with E-state index >= 15 is 0 Å². The second kappa shape index (κ2) is 11.3. The van der Waals surface area contributed by atoms with E-state index in [1.165, 1.54) is 5.06 Å². The lowest BCUT2D eigenvalue weighted by molar-refractivity contribution is -0.220. The van der Waals surface area contributed by atoms with Crippen LogP contribution in [0.1, 0.15) is 47.1 Å². The van der Waals surface area contributed by atoms with Crippen molar-refractivity contribution in [3.8, 4) is 5.75 Å². The van der Waals surface area contributed by atoms with Gasteiger partial charge in [0.2, 0.25) is 16.4 Å². The summed E-state index contributed by atoms with van der Waals surface area (Å²) in [5, 5.41) is 3.11. The molecule has 0 aliphatic heterocycles. The van der Waals surface area contributed by atoms with Gasteiger partial charge in [0.05, 0.1) is 18.4 Å². The van der Waals surface area contributed by atoms with Gasteiger partial charge in [0.1, 0.15) is 5.75 Å². The summed E-state index contributed by atoms with van der Waals surface area (Å²) < 4.78 is 33.7. The molecule has 204 valence electrons. The molecule has 0 aliphatic rings. The first kappa shape index (κ1) is 29.4. The van der Waals surface area contributed by atoms with Crippen LogP contribution in [0.5, 0.6) is 5.75 Å². The van der Waals surface area contributed by atoms with E-state index in [0.717, 1.165) is 16.6 Å². The molecule has 3 aromatic rings. The highest BCUT2D eigenvalue weighted by molar-refractivity contribution is 7.92. The van der Waals surface area contributed by atoms with Crippen molar-refractivity contribution in [2.24, 2.45) is 0 Å². The van der Waals surface area contributed by atoms with Gasteiger partial charge in [-0.15, -0.1) is 0 Å². The van der Waals surface area contributed by atoms with Crippen LogP contribution in [0.25, 0.3) is 0 Å². The average Bonchev–Trinajstić information content (AvgIpc) is 2.81. The molecule has 7 nitrogen and oxygen atoms in total. The molecule has 0 heterocycles. The number of rotatable bonds is 10. The van der Waals surface area contributed by atoms with Crippen LogP contribution in [0.2, 0.25) is 5.04 Å². The topological polar surface area (TPSA) is 84.9 Å². The van der Waals surface area contributed by atoms with E-state index in [2.05, 4.69) is 49.8 Å². The Kier molecular flexibility index (Phi) is 8.75. The Morgan fingerprint density at radius 3 is 1.82 bits per heavy atom. The zero-order chi connectivity index (χ0) is 28.2. The Morgan fingerprint density at radius 2 is 1.39 bits per heavy atom. The SMILES string of the molecule is CC(C)(C)ON(C=O)Cc1cc(NS(C)(=O)=O)ccc1O[Si](c1ccccc1)(c1ccccc1)C(C)(C)C. The number of hydrogen-bond donors (Lipinski definition) is 1. The standard InChI is InChI=1S/C29H38N2O5SSi/c1-28(2,3)36-31(22-32)21-23-20-24(30-37(7,33)34)18-19-27(23)35-38(29(4,5)6,25-14-10-8-11-15-25)26-16-12-9-13-17-26/h8-20,22,30H,21H2,1-7H3. The molecule has 0 saturated carbocycles. The normalized spacial score (nSPS) is 12.6. The number of benzene rings is 3. The lowest BCUT2D eigenvalue weighted by atomic mass is 10.1. The van der Waals surface area contributed by atoms with Gasteiger partial charge in [-0.05, 0) is 54.4 Å². The molecule has 1 amide bonds. The molecule has 3 rings (SSSR count). The molecular weight excluding hydrogens is 516 g/mol. The van der Waals surface area contributed by atoms with Crippen molar-refractivity contribution in [1.82, 2.24) is 5.06 Å². The molecule has 0 spiro atoms. The molecule has 1 N–H and O–H groups in total. The molecule has 0 bridgehead atoms. The van der Waals surface area contributed by atoms with Gasteiger partial charge in [0, 0.05) is 11.3 Å². The third kappa shape index (κ3) is 7.24. The molecule has 38 heavy (non-hydrogen) atoms. The maximum absolute atomic E-state index is 12.0. The van der Waals surface area contributed by atoms with Crippen LogP contribution in [0.3, 0.4) is 0 Å². The van der Waals surface area contributed by atoms with E-state index in [4.69, 9.17) is 9.26 Å². The number of carbonyl (C=O) groups excluding carboxylic acids is 1. The van der Waals surface area contributed by atoms with Crippen molar-refractivity contribution in [3.63, 3.8) is 0 Å². The lowest BCUT2D eigenvalue weighted by Gasteiger charge is -2.43. The number of hydroxylamine groups is 2. The molecule has 0 atom stereocenters. The van der Waals surface area contributed by atoms with E-state index in [1.54, 1.807) is 18.2 Å². The van der Waals surface area contributed by atoms with Crippen LogP contribution in [0, 0.1) is 0 Å². The van der Waals surface area contributed by atoms with Crippen molar-refractivity contribution < 1.29 is 22.5 Å². The largest absolute Gasteiger partial charge is 0.534 e. The number of hydrogen-bond acceptors (Lipinski definition) is 5. The summed E-state index contributed by atoms with van der Waals surface area (Å²) in [5.74, 6) is 0.558. The highest BCUT2D eigenvalue weighted by atomic mass is 32.2. The number of anilines is 1. The monoisotopic (exact) mass is 554 g/mol. The Bertz CT molecular complexity index is 1300. The van der Waals surface area contributed by atoms with Crippen LogP contribution in [0.4, 0.5) is 5.69 Å². The molecule has 0 aromatic heterocycles. The van der Waals surface area contributed by atoms with Gasteiger partial charge >= 0.3 is 8.32 Å². The maximum atomic E-state index is 12.0. The van der Waals surface area contributed by atoms with Gasteiger partial charge in [0.25, 0.3) is 0 Å². The second-order valence-electron chi connectivity index (χ2n) is 11.3. The number of carbonyl (C=O) groups is 1. The fourth-order valence-corrected chi connectivity index (χ4v) is 9.52. The number of sulfonamides is 1. The van der Waals surface area contributed by atoms with Crippen molar-refractivity contribution in [2.75, 3.05) is 11.0 Å². The predicted octanol–water partition coefficient (Wildman–Crippen LogP) is 4.69. The highest BCUT2D eigenvalue weighted by Crippen LogP contribution is 2.39. The van der Waals surface area contributed by atoms with E-state index in [1.807, 2.05) is 57.2 Å². The summed E-state index contributed by atoms with van der Waals surface area (Å²) in [6, 6.07) is 25.6. The molecule has 3 aromatic carbocycles. The second-order valence-corrected chi connectivity index (χ2v) is 17.3. The molecule has 0 saturated heterocycles. The fraction of sp³-hybridized carbons (Fsp3) is 0.345. The van der Waals surface area contributed by atoms with E-state index in [9.17, 15) is 13.2 Å². The summed E-state index contributed by atoms with van der Waals surface area (Å²) in [5.41, 5.74) is 0.379. The van der Waals surface area contributed by atoms with E-state index in [-0.39, 0.29) is 11.6 Å². The third-order valence-corrected chi connectivity index (χ3v) is 11.4. The molecule has 0 radical (unpaired) electrons. The van der Waals surface area contributed by atoms with Gasteiger partial charge in [-0.25, -0.2) is 13.5 Å². The first-order chi connectivity index (χ1) is 17.6. The molecule has 0 unspecified atom stereocenters. The summed E-state index contributed by atoms with van der Waals surface area (Å²) in [4.78, 5) is 17.8. The minimum atomic E-state index is -3.51. The van der Waals surface area contributed by atoms with Crippen LogP contribution < -0.4 is 19.5 Å². The Balaban J connectivity index is 2.23. The zero-order valence-corrected chi connectivity index (χ0v) is 25.0. The summed E-state index contributed by atoms with van der Waals surface area (Å²) >= 11 is 0. The quantitative estimate of drug-likeness (QED) is 0.223. The summed E-state index contributed by atoms with van der Waals surface area (Å²) in [6.45, 7) is 12.2. The van der Waals surface area contributed by atoms with Gasteiger partial charge in [-0.1, -0.05) is 81.4 Å². The van der Waals surface area contributed by atoms with Crippen LogP contribution in [-0.4, -0.2) is 40.1 Å². The highest BCUT2D eigenvalue weighted by Gasteiger charge is 2.52. The van der Waals surface area contributed by atoms with Crippen LogP contribution in [-0.2, 0) is 26.2 Å². The minimum Gasteiger partial charge on any atom is -0.534 e. The van der Waals surface area contributed by atoms with E-state index < -0.39 is 23.9 Å². The van der Waals surface area contributed by atoms with Crippen molar-refractivity contribution in [3.05, 3.63) is 84.4 Å². The molecule has 0 aliphatic carbocycles. The van der Waals surface area contributed by atoms with Gasteiger partial charge < -0.3 is 4.43 Å². The minimum absolute atomic E-state index is 0.0631. The van der Waals surface area contributed by atoms with Crippen LogP contribution >= 0.6 is 0 Å². The summed E-state index contributed by atoms with van der Waals surface area (Å²) in [6.07, 6.45) is 1.72. The van der Waals surface area contributed by atoms with Gasteiger partial charge in [0.15, 0.2) is 0 Å². The third-order valence-electron chi connectivity index (χ3n) is 5.88. The molecule has 9 heteroatoms. The van der Waals surface area contributed by atoms with Crippen molar-refractivity contribution >= 4 is 40.8 Å². The Labute approximate surface area is 227 Å². The number of nitrogens with zero attached hydrogens (tertiary/aromatic N) is 1. The average molecular weight is 555 g/mol. The Morgan fingerprint density at radius 1 is 0.868 bits per heavy atom. The first-order valence-corrected chi connectivity index (χ1v) is 16.3. The molecule has 0 fully saturated rings. The fourth-order valence-electron chi connectivity index (χ4n) is 4.51.